The summed E-state index contributed by atoms with van der Waals surface area (Å²) in [4.78, 5) is 28.0. The number of nitrogens with zero attached hydrogens (tertiary/aromatic N) is 1. The maximum atomic E-state index is 12.8. The Morgan fingerprint density at radius 2 is 1.41 bits per heavy atom. The zero-order chi connectivity index (χ0) is 20.1. The number of rotatable bonds is 6. The van der Waals surface area contributed by atoms with Crippen molar-refractivity contribution in [2.45, 2.75) is 19.4 Å². The van der Waals surface area contributed by atoms with Crippen LogP contribution in [0, 0.1) is 0 Å². The molecule has 0 radical (unpaired) electrons. The summed E-state index contributed by atoms with van der Waals surface area (Å²) < 4.78 is 0. The molecule has 1 N–H and O–H groups in total. The second-order valence-corrected chi connectivity index (χ2v) is 7.38. The van der Waals surface area contributed by atoms with E-state index in [0.717, 1.165) is 19.6 Å². The summed E-state index contributed by atoms with van der Waals surface area (Å²) in [6.07, 6.45) is 2.53. The molecule has 0 saturated carbocycles. The average molecular weight is 384 g/mol. The van der Waals surface area contributed by atoms with E-state index in [4.69, 9.17) is 0 Å². The van der Waals surface area contributed by atoms with Gasteiger partial charge in [0.25, 0.3) is 5.91 Å². The van der Waals surface area contributed by atoms with E-state index in [0.29, 0.717) is 22.4 Å². The largest absolute Gasteiger partial charge is 0.321 e. The van der Waals surface area contributed by atoms with Crippen molar-refractivity contribution in [1.29, 1.82) is 0 Å². The second kappa shape index (κ2) is 8.84. The molecule has 1 aliphatic rings. The summed E-state index contributed by atoms with van der Waals surface area (Å²) in [5.41, 5.74) is 3.39. The van der Waals surface area contributed by atoms with Gasteiger partial charge in [0, 0.05) is 23.2 Å². The summed E-state index contributed by atoms with van der Waals surface area (Å²) in [6.45, 7) is 3.22. The van der Waals surface area contributed by atoms with E-state index in [9.17, 15) is 9.59 Å². The summed E-state index contributed by atoms with van der Waals surface area (Å²) in [5, 5.41) is 2.90. The third-order valence-electron chi connectivity index (χ3n) is 5.28. The van der Waals surface area contributed by atoms with Gasteiger partial charge in [-0.2, -0.15) is 0 Å². The number of anilines is 1. The molecule has 29 heavy (non-hydrogen) atoms. The highest BCUT2D eigenvalue weighted by Gasteiger charge is 2.16. The molecular weight excluding hydrogens is 360 g/mol. The van der Waals surface area contributed by atoms with Gasteiger partial charge < -0.3 is 5.32 Å². The lowest BCUT2D eigenvalue weighted by Gasteiger charge is -2.15. The molecule has 4 nitrogen and oxygen atoms in total. The van der Waals surface area contributed by atoms with E-state index in [-0.39, 0.29) is 11.7 Å². The Labute approximate surface area is 171 Å². The highest BCUT2D eigenvalue weighted by Crippen LogP contribution is 2.20. The minimum Gasteiger partial charge on any atom is -0.321 e. The second-order valence-electron chi connectivity index (χ2n) is 7.38. The van der Waals surface area contributed by atoms with Crippen LogP contribution in [0.2, 0.25) is 0 Å². The number of hydrogen-bond donors (Lipinski definition) is 1. The molecule has 146 valence electrons. The number of carbonyl (C=O) groups is 2. The first-order valence-electron chi connectivity index (χ1n) is 10.0. The van der Waals surface area contributed by atoms with E-state index in [1.165, 1.54) is 18.4 Å². The lowest BCUT2D eigenvalue weighted by Crippen LogP contribution is -2.18. The topological polar surface area (TPSA) is 49.4 Å². The standard InChI is InChI=1S/C25H24N2O2/c28-24(20-8-2-1-3-9-20)22-10-4-5-11-23(22)26-25(29)21-14-12-19(13-15-21)18-27-16-6-7-17-27/h1-5,8-15H,6-7,16-18H2,(H,26,29). The maximum Gasteiger partial charge on any atom is 0.255 e. The van der Waals surface area contributed by atoms with Gasteiger partial charge in [-0.1, -0.05) is 54.6 Å². The van der Waals surface area contributed by atoms with E-state index in [2.05, 4.69) is 10.2 Å². The molecule has 4 rings (SSSR count). The smallest absolute Gasteiger partial charge is 0.255 e. The van der Waals surface area contributed by atoms with Gasteiger partial charge in [-0.15, -0.1) is 0 Å². The number of para-hydroxylation sites is 1. The Morgan fingerprint density at radius 1 is 0.759 bits per heavy atom. The Kier molecular flexibility index (Phi) is 5.82. The molecule has 0 aromatic heterocycles. The fourth-order valence-electron chi connectivity index (χ4n) is 3.69. The van der Waals surface area contributed by atoms with E-state index >= 15 is 0 Å². The fourth-order valence-corrected chi connectivity index (χ4v) is 3.69. The zero-order valence-corrected chi connectivity index (χ0v) is 16.3. The SMILES string of the molecule is O=C(Nc1ccccc1C(=O)c1ccccc1)c1ccc(CN2CCCC2)cc1. The molecule has 0 spiro atoms. The van der Waals surface area contributed by atoms with Crippen LogP contribution in [0.1, 0.15) is 44.7 Å². The highest BCUT2D eigenvalue weighted by atomic mass is 16.1. The number of likely N-dealkylation sites (tertiary alicyclic amines) is 1. The molecule has 1 aliphatic heterocycles. The van der Waals surface area contributed by atoms with E-state index in [1.54, 1.807) is 30.3 Å². The van der Waals surface area contributed by atoms with Gasteiger partial charge in [-0.3, -0.25) is 14.5 Å². The van der Waals surface area contributed by atoms with Crippen LogP contribution in [0.25, 0.3) is 0 Å². The number of nitrogens with one attached hydrogen (secondary N) is 1. The molecule has 1 heterocycles. The van der Waals surface area contributed by atoms with Gasteiger partial charge in [0.05, 0.1) is 5.69 Å². The van der Waals surface area contributed by atoms with Crippen LogP contribution < -0.4 is 5.32 Å². The van der Waals surface area contributed by atoms with Crippen molar-refractivity contribution >= 4 is 17.4 Å². The minimum atomic E-state index is -0.217. The molecule has 3 aromatic rings. The number of carbonyl (C=O) groups excluding carboxylic acids is 2. The van der Waals surface area contributed by atoms with Crippen molar-refractivity contribution in [3.63, 3.8) is 0 Å². The zero-order valence-electron chi connectivity index (χ0n) is 16.3. The first-order chi connectivity index (χ1) is 14.2. The maximum absolute atomic E-state index is 12.8. The van der Waals surface area contributed by atoms with Crippen LogP contribution in [0.15, 0.2) is 78.9 Å². The van der Waals surface area contributed by atoms with Gasteiger partial charge >= 0.3 is 0 Å². The van der Waals surface area contributed by atoms with E-state index in [1.807, 2.05) is 48.5 Å². The first kappa shape index (κ1) is 19.1. The molecule has 0 atom stereocenters. The van der Waals surface area contributed by atoms with Crippen LogP contribution in [0.5, 0.6) is 0 Å². The van der Waals surface area contributed by atoms with Gasteiger partial charge in [0.2, 0.25) is 0 Å². The summed E-state index contributed by atoms with van der Waals surface area (Å²) in [6, 6.07) is 23.9. The number of hydrogen-bond acceptors (Lipinski definition) is 3. The Morgan fingerprint density at radius 3 is 2.14 bits per heavy atom. The van der Waals surface area contributed by atoms with Crippen molar-refractivity contribution in [1.82, 2.24) is 4.90 Å². The van der Waals surface area contributed by atoms with E-state index < -0.39 is 0 Å². The lowest BCUT2D eigenvalue weighted by molar-refractivity contribution is 0.102. The molecule has 0 bridgehead atoms. The predicted octanol–water partition coefficient (Wildman–Crippen LogP) is 4.77. The molecule has 0 aliphatic carbocycles. The molecular formula is C25H24N2O2. The van der Waals surface area contributed by atoms with Crippen molar-refractivity contribution < 1.29 is 9.59 Å². The molecule has 0 unspecified atom stereocenters. The van der Waals surface area contributed by atoms with Crippen LogP contribution >= 0.6 is 0 Å². The van der Waals surface area contributed by atoms with Crippen LogP contribution in [0.3, 0.4) is 0 Å². The monoisotopic (exact) mass is 384 g/mol. The average Bonchev–Trinajstić information content (AvgIpc) is 3.28. The first-order valence-corrected chi connectivity index (χ1v) is 10.0. The van der Waals surface area contributed by atoms with Crippen molar-refractivity contribution in [3.8, 4) is 0 Å². The fraction of sp³-hybridized carbons (Fsp3) is 0.200. The minimum absolute atomic E-state index is 0.109. The third-order valence-corrected chi connectivity index (χ3v) is 5.28. The highest BCUT2D eigenvalue weighted by molar-refractivity contribution is 6.15. The molecule has 1 amide bonds. The van der Waals surface area contributed by atoms with Crippen molar-refractivity contribution in [2.75, 3.05) is 18.4 Å². The molecule has 1 saturated heterocycles. The Hall–Kier alpha value is -3.24. The van der Waals surface area contributed by atoms with Gasteiger partial charge in [0.15, 0.2) is 5.78 Å². The van der Waals surface area contributed by atoms with Crippen LogP contribution in [-0.2, 0) is 6.54 Å². The number of ketones is 1. The normalized spacial score (nSPS) is 13.9. The van der Waals surface area contributed by atoms with Crippen LogP contribution in [-0.4, -0.2) is 29.7 Å². The quantitative estimate of drug-likeness (QED) is 0.623. The summed E-state index contributed by atoms with van der Waals surface area (Å²) >= 11 is 0. The Bertz CT molecular complexity index is 991. The van der Waals surface area contributed by atoms with Crippen molar-refractivity contribution in [3.05, 3.63) is 101 Å². The van der Waals surface area contributed by atoms with Crippen molar-refractivity contribution in [2.24, 2.45) is 0 Å². The van der Waals surface area contributed by atoms with Gasteiger partial charge in [0.1, 0.15) is 0 Å². The molecule has 3 aromatic carbocycles. The van der Waals surface area contributed by atoms with Gasteiger partial charge in [-0.05, 0) is 55.8 Å². The van der Waals surface area contributed by atoms with Gasteiger partial charge in [-0.25, -0.2) is 0 Å². The Balaban J connectivity index is 1.48. The molecule has 4 heteroatoms. The third kappa shape index (κ3) is 4.61. The van der Waals surface area contributed by atoms with Crippen LogP contribution in [0.4, 0.5) is 5.69 Å². The molecule has 1 fully saturated rings. The lowest BCUT2D eigenvalue weighted by atomic mass is 10.0. The summed E-state index contributed by atoms with van der Waals surface area (Å²) in [5.74, 6) is -0.325. The summed E-state index contributed by atoms with van der Waals surface area (Å²) in [7, 11) is 0. The number of benzene rings is 3. The predicted molar refractivity (Wildman–Crippen MR) is 115 cm³/mol. The number of amides is 1.